The number of sulfonamides is 1. The second-order valence-electron chi connectivity index (χ2n) is 4.86. The van der Waals surface area contributed by atoms with Crippen molar-refractivity contribution in [2.45, 2.75) is 30.2 Å². The minimum Gasteiger partial charge on any atom is -0.395 e. The Balaban J connectivity index is 2.44. The van der Waals surface area contributed by atoms with Crippen LogP contribution in [0.1, 0.15) is 12.0 Å². The summed E-state index contributed by atoms with van der Waals surface area (Å²) in [6, 6.07) is 3.44. The Labute approximate surface area is 124 Å². The zero-order valence-electron chi connectivity index (χ0n) is 10.7. The largest absolute Gasteiger partial charge is 0.395 e. The monoisotopic (exact) mass is 369 g/mol. The Morgan fingerprint density at radius 3 is 2.70 bits per heavy atom. The smallest absolute Gasteiger partial charge is 0.263 e. The lowest BCUT2D eigenvalue weighted by molar-refractivity contribution is 0.0161. The molecule has 0 saturated carbocycles. The number of alkyl halides is 2. The highest BCUT2D eigenvalue weighted by Gasteiger charge is 2.50. The highest BCUT2D eigenvalue weighted by Crippen LogP contribution is 2.36. The van der Waals surface area contributed by atoms with Gasteiger partial charge in [-0.1, -0.05) is 15.9 Å². The molecule has 1 aromatic rings. The van der Waals surface area contributed by atoms with E-state index in [1.54, 1.807) is 19.1 Å². The Morgan fingerprint density at radius 1 is 1.50 bits per heavy atom. The molecule has 0 spiro atoms. The second-order valence-corrected chi connectivity index (χ2v) is 7.63. The van der Waals surface area contributed by atoms with Gasteiger partial charge in [-0.3, -0.25) is 0 Å². The first-order valence-corrected chi connectivity index (χ1v) is 8.17. The van der Waals surface area contributed by atoms with Crippen LogP contribution in [0.4, 0.5) is 8.78 Å². The molecule has 1 atom stereocenters. The summed E-state index contributed by atoms with van der Waals surface area (Å²) in [6.07, 6.45) is -0.654. The van der Waals surface area contributed by atoms with Gasteiger partial charge in [0, 0.05) is 10.9 Å². The van der Waals surface area contributed by atoms with E-state index in [9.17, 15) is 17.2 Å². The van der Waals surface area contributed by atoms with E-state index in [1.165, 1.54) is 6.07 Å². The van der Waals surface area contributed by atoms with Crippen LogP contribution in [0.3, 0.4) is 0 Å². The zero-order chi connectivity index (χ0) is 15.1. The number of aliphatic hydroxyl groups excluding tert-OH is 1. The number of hydrogen-bond donors (Lipinski definition) is 1. The van der Waals surface area contributed by atoms with Gasteiger partial charge in [-0.25, -0.2) is 17.2 Å². The molecule has 0 bridgehead atoms. The molecule has 0 amide bonds. The summed E-state index contributed by atoms with van der Waals surface area (Å²) < 4.78 is 53.2. The quantitative estimate of drug-likeness (QED) is 0.887. The predicted octanol–water partition coefficient (Wildman–Crippen LogP) is 2.15. The SMILES string of the molecule is Cc1cc(Br)ccc1S(=O)(=O)N1CC(F)(F)CC1CO. The minimum absolute atomic E-state index is 0.0168. The van der Waals surface area contributed by atoms with Crippen molar-refractivity contribution in [2.24, 2.45) is 0 Å². The molecular formula is C12H14BrF2NO3S. The molecule has 0 aromatic heterocycles. The van der Waals surface area contributed by atoms with E-state index in [2.05, 4.69) is 15.9 Å². The Kier molecular flexibility index (Phi) is 4.21. The molecule has 2 rings (SSSR count). The topological polar surface area (TPSA) is 57.6 Å². The normalized spacial score (nSPS) is 23.1. The lowest BCUT2D eigenvalue weighted by Crippen LogP contribution is -2.38. The summed E-state index contributed by atoms with van der Waals surface area (Å²) in [4.78, 5) is -0.0168. The number of rotatable bonds is 3. The van der Waals surface area contributed by atoms with Gasteiger partial charge in [0.2, 0.25) is 10.0 Å². The third-order valence-corrected chi connectivity index (χ3v) is 5.81. The number of nitrogens with zero attached hydrogens (tertiary/aromatic N) is 1. The van der Waals surface area contributed by atoms with Gasteiger partial charge in [0.05, 0.1) is 24.1 Å². The summed E-state index contributed by atoms with van der Waals surface area (Å²) in [6.45, 7) is 0.0836. The Bertz CT molecular complexity index is 621. The van der Waals surface area contributed by atoms with Crippen LogP contribution < -0.4 is 0 Å². The van der Waals surface area contributed by atoms with E-state index in [-0.39, 0.29) is 4.90 Å². The molecule has 20 heavy (non-hydrogen) atoms. The average molecular weight is 370 g/mol. The van der Waals surface area contributed by atoms with Gasteiger partial charge in [0.15, 0.2) is 0 Å². The van der Waals surface area contributed by atoms with Crippen molar-refractivity contribution in [1.29, 1.82) is 0 Å². The average Bonchev–Trinajstić information content (AvgIpc) is 2.65. The lowest BCUT2D eigenvalue weighted by atomic mass is 10.2. The van der Waals surface area contributed by atoms with Gasteiger partial charge in [0.1, 0.15) is 0 Å². The number of hydrogen-bond acceptors (Lipinski definition) is 3. The number of halogens is 3. The standard InChI is InChI=1S/C12H14BrF2NO3S/c1-8-4-9(13)2-3-11(8)20(18,19)16-7-12(14,15)5-10(16)6-17/h2-4,10,17H,5-7H2,1H3. The first kappa shape index (κ1) is 15.8. The first-order valence-electron chi connectivity index (χ1n) is 5.94. The fraction of sp³-hybridized carbons (Fsp3) is 0.500. The van der Waals surface area contributed by atoms with E-state index in [0.29, 0.717) is 14.3 Å². The molecule has 4 nitrogen and oxygen atoms in total. The molecule has 1 saturated heterocycles. The third-order valence-electron chi connectivity index (χ3n) is 3.26. The van der Waals surface area contributed by atoms with Crippen molar-refractivity contribution < 1.29 is 22.3 Å². The summed E-state index contributed by atoms with van der Waals surface area (Å²) in [7, 11) is -4.05. The van der Waals surface area contributed by atoms with E-state index < -0.39 is 41.6 Å². The van der Waals surface area contributed by atoms with Crippen LogP contribution in [-0.4, -0.2) is 42.9 Å². The van der Waals surface area contributed by atoms with Crippen LogP contribution in [0, 0.1) is 6.92 Å². The fourth-order valence-corrected chi connectivity index (χ4v) is 4.66. The van der Waals surface area contributed by atoms with Gasteiger partial charge in [-0.15, -0.1) is 0 Å². The van der Waals surface area contributed by atoms with Gasteiger partial charge in [-0.2, -0.15) is 4.31 Å². The van der Waals surface area contributed by atoms with Crippen molar-refractivity contribution in [3.05, 3.63) is 28.2 Å². The number of aliphatic hydroxyl groups is 1. The zero-order valence-corrected chi connectivity index (χ0v) is 13.1. The van der Waals surface area contributed by atoms with Gasteiger partial charge in [0.25, 0.3) is 5.92 Å². The van der Waals surface area contributed by atoms with Crippen molar-refractivity contribution >= 4 is 26.0 Å². The van der Waals surface area contributed by atoms with Crippen molar-refractivity contribution in [3.8, 4) is 0 Å². The van der Waals surface area contributed by atoms with Crippen molar-refractivity contribution in [3.63, 3.8) is 0 Å². The second kappa shape index (κ2) is 5.32. The van der Waals surface area contributed by atoms with Crippen LogP contribution in [-0.2, 0) is 10.0 Å². The molecular weight excluding hydrogens is 356 g/mol. The molecule has 8 heteroatoms. The maximum Gasteiger partial charge on any atom is 0.263 e. The van der Waals surface area contributed by atoms with Crippen LogP contribution in [0.15, 0.2) is 27.6 Å². The lowest BCUT2D eigenvalue weighted by Gasteiger charge is -2.22. The predicted molar refractivity (Wildman–Crippen MR) is 73.2 cm³/mol. The van der Waals surface area contributed by atoms with E-state index in [0.717, 1.165) is 0 Å². The molecule has 1 aromatic carbocycles. The molecule has 1 heterocycles. The maximum absolute atomic E-state index is 13.4. The van der Waals surface area contributed by atoms with Gasteiger partial charge in [-0.05, 0) is 30.7 Å². The summed E-state index contributed by atoms with van der Waals surface area (Å²) in [5.74, 6) is -3.11. The van der Waals surface area contributed by atoms with Crippen molar-refractivity contribution in [1.82, 2.24) is 4.31 Å². The molecule has 112 valence electrons. The van der Waals surface area contributed by atoms with E-state index in [1.807, 2.05) is 0 Å². The number of aryl methyl sites for hydroxylation is 1. The molecule has 1 aliphatic rings. The summed E-state index contributed by atoms with van der Waals surface area (Å²) >= 11 is 3.22. The molecule has 1 N–H and O–H groups in total. The molecule has 0 aliphatic carbocycles. The fourth-order valence-electron chi connectivity index (χ4n) is 2.33. The molecule has 1 unspecified atom stereocenters. The first-order chi connectivity index (χ1) is 9.17. The van der Waals surface area contributed by atoms with Crippen LogP contribution in [0.2, 0.25) is 0 Å². The van der Waals surface area contributed by atoms with E-state index in [4.69, 9.17) is 5.11 Å². The maximum atomic E-state index is 13.4. The summed E-state index contributed by atoms with van der Waals surface area (Å²) in [5.41, 5.74) is 0.464. The van der Waals surface area contributed by atoms with Crippen molar-refractivity contribution in [2.75, 3.05) is 13.2 Å². The van der Waals surface area contributed by atoms with Crippen LogP contribution >= 0.6 is 15.9 Å². The van der Waals surface area contributed by atoms with Gasteiger partial charge < -0.3 is 5.11 Å². The summed E-state index contributed by atoms with van der Waals surface area (Å²) in [5, 5.41) is 9.15. The highest BCUT2D eigenvalue weighted by molar-refractivity contribution is 9.10. The van der Waals surface area contributed by atoms with E-state index >= 15 is 0 Å². The number of benzene rings is 1. The minimum atomic E-state index is -4.05. The Hall–Kier alpha value is -0.570. The highest BCUT2D eigenvalue weighted by atomic mass is 79.9. The Morgan fingerprint density at radius 2 is 2.15 bits per heavy atom. The molecule has 1 fully saturated rings. The van der Waals surface area contributed by atoms with Crippen LogP contribution in [0.25, 0.3) is 0 Å². The third kappa shape index (κ3) is 2.88. The molecule has 0 radical (unpaired) electrons. The van der Waals surface area contributed by atoms with Crippen LogP contribution in [0.5, 0.6) is 0 Å². The molecule has 1 aliphatic heterocycles. The van der Waals surface area contributed by atoms with Gasteiger partial charge >= 0.3 is 0 Å².